The molecule has 1 aliphatic rings. The lowest BCUT2D eigenvalue weighted by molar-refractivity contribution is 0.0691. The average molecular weight is 235 g/mol. The summed E-state index contributed by atoms with van der Waals surface area (Å²) in [6.45, 7) is 4.82. The smallest absolute Gasteiger partial charge is 0.356 e. The molecule has 1 fully saturated rings. The molecule has 1 saturated heterocycles. The maximum Gasteiger partial charge on any atom is 0.356 e. The van der Waals surface area contributed by atoms with Crippen LogP contribution < -0.4 is 4.90 Å². The summed E-state index contributed by atoms with van der Waals surface area (Å²) >= 11 is 0. The van der Waals surface area contributed by atoms with Crippen LogP contribution in [0.1, 0.15) is 17.4 Å². The van der Waals surface area contributed by atoms with E-state index >= 15 is 0 Å². The summed E-state index contributed by atoms with van der Waals surface area (Å²) < 4.78 is 0. The van der Waals surface area contributed by atoms with Gasteiger partial charge in [0.1, 0.15) is 0 Å². The van der Waals surface area contributed by atoms with E-state index in [-0.39, 0.29) is 5.69 Å². The molecule has 2 rings (SSSR count). The minimum absolute atomic E-state index is 0.143. The number of carboxylic acid groups (broad SMARTS) is 1. The van der Waals surface area contributed by atoms with Gasteiger partial charge in [-0.1, -0.05) is 0 Å². The molecule has 17 heavy (non-hydrogen) atoms. The molecule has 0 aromatic carbocycles. The molecule has 1 unspecified atom stereocenters. The van der Waals surface area contributed by atoms with Crippen LogP contribution in [-0.4, -0.2) is 53.7 Å². The van der Waals surface area contributed by atoms with Crippen LogP contribution >= 0.6 is 0 Å². The van der Waals surface area contributed by atoms with Crippen molar-refractivity contribution in [2.45, 2.75) is 13.0 Å². The number of aromatic carboxylic acids is 1. The van der Waals surface area contributed by atoms with Crippen LogP contribution in [0.25, 0.3) is 0 Å². The zero-order valence-corrected chi connectivity index (χ0v) is 10.1. The molecule has 1 aromatic heterocycles. The molecule has 1 atom stereocenters. The number of likely N-dealkylation sites (N-methyl/N-ethyl adjacent to an activating group) is 1. The van der Waals surface area contributed by atoms with E-state index in [2.05, 4.69) is 28.8 Å². The van der Waals surface area contributed by atoms with E-state index in [1.54, 1.807) is 6.07 Å². The third-order valence-electron chi connectivity index (χ3n) is 3.13. The van der Waals surface area contributed by atoms with Gasteiger partial charge in [0.25, 0.3) is 0 Å². The molecule has 5 nitrogen and oxygen atoms in total. The zero-order chi connectivity index (χ0) is 12.4. The van der Waals surface area contributed by atoms with E-state index in [9.17, 15) is 4.79 Å². The topological polar surface area (TPSA) is 56.7 Å². The first-order chi connectivity index (χ1) is 8.09. The van der Waals surface area contributed by atoms with Crippen molar-refractivity contribution < 1.29 is 9.90 Å². The molecule has 0 spiro atoms. The molecule has 2 heterocycles. The summed E-state index contributed by atoms with van der Waals surface area (Å²) in [4.78, 5) is 19.5. The summed E-state index contributed by atoms with van der Waals surface area (Å²) in [7, 11) is 2.08. The first-order valence-corrected chi connectivity index (χ1v) is 5.73. The molecule has 0 amide bonds. The van der Waals surface area contributed by atoms with Crippen LogP contribution in [0, 0.1) is 0 Å². The minimum atomic E-state index is -0.966. The predicted molar refractivity (Wildman–Crippen MR) is 65.5 cm³/mol. The molecular formula is C12H17N3O2. The van der Waals surface area contributed by atoms with Crippen molar-refractivity contribution in [3.05, 3.63) is 24.0 Å². The van der Waals surface area contributed by atoms with Crippen LogP contribution in [0.2, 0.25) is 0 Å². The van der Waals surface area contributed by atoms with Crippen molar-refractivity contribution in [1.82, 2.24) is 9.88 Å². The Morgan fingerprint density at radius 2 is 2.29 bits per heavy atom. The van der Waals surface area contributed by atoms with E-state index in [0.29, 0.717) is 6.04 Å². The van der Waals surface area contributed by atoms with Crippen molar-refractivity contribution in [3.63, 3.8) is 0 Å². The standard InChI is InChI=1S/C12H17N3O2/c1-9-8-14(2)6-7-15(9)10-4-3-5-13-11(10)12(16)17/h3-5,9H,6-8H2,1-2H3,(H,16,17). The normalized spacial score (nSPS) is 21.5. The lowest BCUT2D eigenvalue weighted by Gasteiger charge is -2.40. The largest absolute Gasteiger partial charge is 0.476 e. The number of carbonyl (C=O) groups is 1. The maximum absolute atomic E-state index is 11.1. The summed E-state index contributed by atoms with van der Waals surface area (Å²) in [5.74, 6) is -0.966. The van der Waals surface area contributed by atoms with Crippen LogP contribution in [-0.2, 0) is 0 Å². The van der Waals surface area contributed by atoms with Gasteiger partial charge in [0.15, 0.2) is 5.69 Å². The fraction of sp³-hybridized carbons (Fsp3) is 0.500. The average Bonchev–Trinajstić information content (AvgIpc) is 2.29. The highest BCUT2D eigenvalue weighted by Gasteiger charge is 2.25. The zero-order valence-electron chi connectivity index (χ0n) is 10.1. The van der Waals surface area contributed by atoms with Gasteiger partial charge in [-0.2, -0.15) is 0 Å². The Hall–Kier alpha value is -1.62. The number of rotatable bonds is 2. The Balaban J connectivity index is 2.30. The molecule has 0 aliphatic carbocycles. The Morgan fingerprint density at radius 1 is 1.53 bits per heavy atom. The second-order valence-corrected chi connectivity index (χ2v) is 4.48. The first-order valence-electron chi connectivity index (χ1n) is 5.73. The van der Waals surface area contributed by atoms with Gasteiger partial charge < -0.3 is 14.9 Å². The quantitative estimate of drug-likeness (QED) is 0.826. The Kier molecular flexibility index (Phi) is 3.28. The van der Waals surface area contributed by atoms with Gasteiger partial charge in [-0.25, -0.2) is 9.78 Å². The van der Waals surface area contributed by atoms with Gasteiger partial charge in [0.2, 0.25) is 0 Å². The molecule has 1 aromatic rings. The second kappa shape index (κ2) is 4.71. The highest BCUT2D eigenvalue weighted by Crippen LogP contribution is 2.22. The molecule has 5 heteroatoms. The summed E-state index contributed by atoms with van der Waals surface area (Å²) in [5, 5.41) is 9.13. The summed E-state index contributed by atoms with van der Waals surface area (Å²) in [5.41, 5.74) is 0.865. The van der Waals surface area contributed by atoms with Gasteiger partial charge in [-0.05, 0) is 26.1 Å². The number of hydrogen-bond acceptors (Lipinski definition) is 4. The number of hydrogen-bond donors (Lipinski definition) is 1. The fourth-order valence-electron chi connectivity index (χ4n) is 2.29. The van der Waals surface area contributed by atoms with E-state index in [1.807, 2.05) is 6.07 Å². The molecular weight excluding hydrogens is 218 g/mol. The predicted octanol–water partition coefficient (Wildman–Crippen LogP) is 0.920. The van der Waals surface area contributed by atoms with Crippen molar-refractivity contribution in [2.24, 2.45) is 0 Å². The number of carboxylic acids is 1. The summed E-state index contributed by atoms with van der Waals surface area (Å²) in [6.07, 6.45) is 1.52. The Labute approximate surface area is 101 Å². The van der Waals surface area contributed by atoms with Crippen molar-refractivity contribution in [3.8, 4) is 0 Å². The number of nitrogens with zero attached hydrogens (tertiary/aromatic N) is 3. The third-order valence-corrected chi connectivity index (χ3v) is 3.13. The highest BCUT2D eigenvalue weighted by molar-refractivity contribution is 5.92. The fourth-order valence-corrected chi connectivity index (χ4v) is 2.29. The number of pyridine rings is 1. The summed E-state index contributed by atoms with van der Waals surface area (Å²) in [6, 6.07) is 3.92. The van der Waals surface area contributed by atoms with Crippen molar-refractivity contribution >= 4 is 11.7 Å². The van der Waals surface area contributed by atoms with Crippen LogP contribution in [0.4, 0.5) is 5.69 Å². The van der Waals surface area contributed by atoms with Crippen LogP contribution in [0.15, 0.2) is 18.3 Å². The number of piperazine rings is 1. The molecule has 92 valence electrons. The third kappa shape index (κ3) is 2.39. The lowest BCUT2D eigenvalue weighted by atomic mass is 10.1. The molecule has 1 N–H and O–H groups in total. The van der Waals surface area contributed by atoms with Gasteiger partial charge in [0, 0.05) is 31.9 Å². The Morgan fingerprint density at radius 3 is 2.94 bits per heavy atom. The molecule has 0 bridgehead atoms. The van der Waals surface area contributed by atoms with Crippen LogP contribution in [0.3, 0.4) is 0 Å². The number of aromatic nitrogens is 1. The lowest BCUT2D eigenvalue weighted by Crippen LogP contribution is -2.51. The minimum Gasteiger partial charge on any atom is -0.476 e. The monoisotopic (exact) mass is 235 g/mol. The molecule has 0 saturated carbocycles. The van der Waals surface area contributed by atoms with Gasteiger partial charge in [-0.15, -0.1) is 0 Å². The SMILES string of the molecule is CC1CN(C)CCN1c1cccnc1C(=O)O. The Bertz CT molecular complexity index is 422. The van der Waals surface area contributed by atoms with E-state index in [4.69, 9.17) is 5.11 Å². The second-order valence-electron chi connectivity index (χ2n) is 4.48. The van der Waals surface area contributed by atoms with Crippen LogP contribution in [0.5, 0.6) is 0 Å². The van der Waals surface area contributed by atoms with E-state index in [1.165, 1.54) is 6.20 Å². The first kappa shape index (κ1) is 11.9. The van der Waals surface area contributed by atoms with E-state index in [0.717, 1.165) is 25.3 Å². The number of anilines is 1. The maximum atomic E-state index is 11.1. The highest BCUT2D eigenvalue weighted by atomic mass is 16.4. The molecule has 0 radical (unpaired) electrons. The van der Waals surface area contributed by atoms with Gasteiger partial charge in [0.05, 0.1) is 5.69 Å². The van der Waals surface area contributed by atoms with E-state index < -0.39 is 5.97 Å². The van der Waals surface area contributed by atoms with Crippen molar-refractivity contribution in [2.75, 3.05) is 31.6 Å². The van der Waals surface area contributed by atoms with Crippen molar-refractivity contribution in [1.29, 1.82) is 0 Å². The van der Waals surface area contributed by atoms with Gasteiger partial charge >= 0.3 is 5.97 Å². The van der Waals surface area contributed by atoms with Gasteiger partial charge in [-0.3, -0.25) is 0 Å². The molecule has 1 aliphatic heterocycles.